The SMILES string of the molecule is CCC(C)[Si](I)(OC)N1CCC2CCCCC2C1. The van der Waals surface area contributed by atoms with Crippen molar-refractivity contribution < 1.29 is 4.43 Å². The molecule has 1 aliphatic heterocycles. The third-order valence-electron chi connectivity index (χ3n) is 5.23. The smallest absolute Gasteiger partial charge is 0.342 e. The predicted octanol–water partition coefficient (Wildman–Crippen LogP) is 4.32. The van der Waals surface area contributed by atoms with E-state index in [4.69, 9.17) is 4.43 Å². The van der Waals surface area contributed by atoms with E-state index in [2.05, 4.69) is 40.2 Å². The minimum absolute atomic E-state index is 0.725. The number of nitrogens with zero attached hydrogens (tertiary/aromatic N) is 1. The quantitative estimate of drug-likeness (QED) is 0.409. The summed E-state index contributed by atoms with van der Waals surface area (Å²) in [6, 6.07) is 0. The molecule has 0 aromatic heterocycles. The summed E-state index contributed by atoms with van der Waals surface area (Å²) in [5.41, 5.74) is 0.725. The van der Waals surface area contributed by atoms with Gasteiger partial charge in [0.1, 0.15) is 0 Å². The first-order valence-corrected chi connectivity index (χ1v) is 12.7. The Morgan fingerprint density at radius 1 is 1.28 bits per heavy atom. The first-order chi connectivity index (χ1) is 8.61. The summed E-state index contributed by atoms with van der Waals surface area (Å²) in [7, 11) is 1.94. The maximum Gasteiger partial charge on any atom is 0.342 e. The monoisotopic (exact) mass is 381 g/mol. The van der Waals surface area contributed by atoms with E-state index in [-0.39, 0.29) is 0 Å². The van der Waals surface area contributed by atoms with Crippen molar-refractivity contribution in [2.45, 2.75) is 57.9 Å². The van der Waals surface area contributed by atoms with Crippen molar-refractivity contribution in [2.75, 3.05) is 20.2 Å². The molecule has 0 aromatic carbocycles. The number of halogens is 1. The van der Waals surface area contributed by atoms with Crippen LogP contribution in [-0.4, -0.2) is 30.7 Å². The second-order valence-electron chi connectivity index (χ2n) is 6.16. The first-order valence-electron chi connectivity index (χ1n) is 7.61. The number of rotatable bonds is 4. The van der Waals surface area contributed by atoms with Crippen LogP contribution in [0.25, 0.3) is 0 Å². The highest BCUT2D eigenvalue weighted by Crippen LogP contribution is 2.42. The molecule has 2 nitrogen and oxygen atoms in total. The van der Waals surface area contributed by atoms with Crippen LogP contribution in [0.5, 0.6) is 0 Å². The molecule has 4 unspecified atom stereocenters. The van der Waals surface area contributed by atoms with Crippen LogP contribution in [0.4, 0.5) is 0 Å². The van der Waals surface area contributed by atoms with Gasteiger partial charge in [0.05, 0.1) is 0 Å². The fourth-order valence-corrected chi connectivity index (χ4v) is 9.11. The zero-order valence-corrected chi connectivity index (χ0v) is 15.3. The Hall–Kier alpha value is 0.867. The molecular weight excluding hydrogens is 353 g/mol. The van der Waals surface area contributed by atoms with Crippen LogP contribution in [0.15, 0.2) is 0 Å². The lowest BCUT2D eigenvalue weighted by Crippen LogP contribution is -2.58. The lowest BCUT2D eigenvalue weighted by molar-refractivity contribution is 0.118. The average molecular weight is 381 g/mol. The highest BCUT2D eigenvalue weighted by molar-refractivity contribution is 14.1. The molecule has 0 N–H and O–H groups in total. The fraction of sp³-hybridized carbons (Fsp3) is 1.00. The topological polar surface area (TPSA) is 12.5 Å². The lowest BCUT2D eigenvalue weighted by atomic mass is 9.76. The Bertz CT molecular complexity index is 279. The Morgan fingerprint density at radius 3 is 2.56 bits per heavy atom. The van der Waals surface area contributed by atoms with Crippen molar-refractivity contribution in [3.63, 3.8) is 0 Å². The Kier molecular flexibility index (Phi) is 5.55. The van der Waals surface area contributed by atoms with E-state index < -0.39 is 5.98 Å². The Balaban J connectivity index is 2.04. The molecule has 1 saturated heterocycles. The molecular formula is C14H28INOSi. The van der Waals surface area contributed by atoms with Crippen molar-refractivity contribution in [2.24, 2.45) is 11.8 Å². The summed E-state index contributed by atoms with van der Waals surface area (Å²) in [5, 5.41) is 0. The van der Waals surface area contributed by atoms with Crippen LogP contribution in [-0.2, 0) is 4.43 Å². The summed E-state index contributed by atoms with van der Waals surface area (Å²) >= 11 is 2.69. The molecule has 0 bridgehead atoms. The molecule has 1 aliphatic carbocycles. The normalized spacial score (nSPS) is 34.7. The van der Waals surface area contributed by atoms with E-state index in [9.17, 15) is 0 Å². The maximum absolute atomic E-state index is 6.06. The largest absolute Gasteiger partial charge is 0.399 e. The van der Waals surface area contributed by atoms with Gasteiger partial charge >= 0.3 is 5.98 Å². The van der Waals surface area contributed by atoms with Gasteiger partial charge in [0.2, 0.25) is 0 Å². The van der Waals surface area contributed by atoms with Gasteiger partial charge in [0, 0.05) is 7.11 Å². The molecule has 2 fully saturated rings. The maximum atomic E-state index is 6.06. The van der Waals surface area contributed by atoms with Crippen LogP contribution in [0.1, 0.15) is 52.4 Å². The van der Waals surface area contributed by atoms with Crippen LogP contribution >= 0.6 is 21.8 Å². The molecule has 0 spiro atoms. The molecule has 1 saturated carbocycles. The van der Waals surface area contributed by atoms with Gasteiger partial charge in [-0.25, -0.2) is 0 Å². The summed E-state index contributed by atoms with van der Waals surface area (Å²) < 4.78 is 8.82. The highest BCUT2D eigenvalue weighted by Gasteiger charge is 2.46. The lowest BCUT2D eigenvalue weighted by Gasteiger charge is -2.48. The second kappa shape index (κ2) is 6.55. The van der Waals surface area contributed by atoms with Gasteiger partial charge in [-0.2, -0.15) is 0 Å². The third-order valence-corrected chi connectivity index (χ3v) is 15.3. The molecule has 2 rings (SSSR count). The predicted molar refractivity (Wildman–Crippen MR) is 88.1 cm³/mol. The molecule has 4 atom stereocenters. The molecule has 2 aliphatic rings. The van der Waals surface area contributed by atoms with E-state index in [0.717, 1.165) is 17.4 Å². The Labute approximate surface area is 126 Å². The molecule has 106 valence electrons. The number of piperidine rings is 1. The molecule has 0 aromatic rings. The first kappa shape index (κ1) is 15.3. The van der Waals surface area contributed by atoms with Gasteiger partial charge in [-0.1, -0.05) is 61.3 Å². The van der Waals surface area contributed by atoms with Gasteiger partial charge in [-0.15, -0.1) is 0 Å². The van der Waals surface area contributed by atoms with Crippen LogP contribution in [0.3, 0.4) is 0 Å². The standard InChI is InChI=1S/C14H28INOSi/c1-4-12(2)18(15,17-3)16-10-9-13-7-5-6-8-14(13)11-16/h12-14H,4-11H2,1-3H3. The molecule has 18 heavy (non-hydrogen) atoms. The van der Waals surface area contributed by atoms with Gasteiger partial charge in [0.25, 0.3) is 0 Å². The number of hydrogen-bond acceptors (Lipinski definition) is 2. The van der Waals surface area contributed by atoms with E-state index >= 15 is 0 Å². The summed E-state index contributed by atoms with van der Waals surface area (Å²) in [6.45, 7) is 7.29. The van der Waals surface area contributed by atoms with Crippen molar-refractivity contribution in [3.05, 3.63) is 0 Å². The summed E-state index contributed by atoms with van der Waals surface area (Å²) in [5.74, 6) is 0.293. The minimum Gasteiger partial charge on any atom is -0.399 e. The van der Waals surface area contributed by atoms with Gasteiger partial charge in [-0.05, 0) is 43.3 Å². The van der Waals surface area contributed by atoms with E-state index in [1.807, 2.05) is 7.11 Å². The van der Waals surface area contributed by atoms with Gasteiger partial charge in [0.15, 0.2) is 0 Å². The zero-order chi connectivity index (χ0) is 13.2. The van der Waals surface area contributed by atoms with Crippen molar-refractivity contribution in [3.8, 4) is 0 Å². The summed E-state index contributed by atoms with van der Waals surface area (Å²) in [4.78, 5) is 0. The second-order valence-corrected chi connectivity index (χ2v) is 14.0. The van der Waals surface area contributed by atoms with Crippen LogP contribution in [0, 0.1) is 11.8 Å². The highest BCUT2D eigenvalue weighted by atomic mass is 127. The van der Waals surface area contributed by atoms with Gasteiger partial charge in [-0.3, -0.25) is 4.57 Å². The molecule has 1 heterocycles. The molecule has 4 heteroatoms. The van der Waals surface area contributed by atoms with Crippen LogP contribution in [0.2, 0.25) is 5.54 Å². The van der Waals surface area contributed by atoms with Crippen molar-refractivity contribution >= 4 is 27.8 Å². The average Bonchev–Trinajstić information content (AvgIpc) is 2.44. The zero-order valence-electron chi connectivity index (χ0n) is 12.1. The van der Waals surface area contributed by atoms with E-state index in [1.54, 1.807) is 0 Å². The number of hydrogen-bond donors (Lipinski definition) is 0. The number of fused-ring (bicyclic) bond motifs is 1. The minimum atomic E-state index is -1.70. The Morgan fingerprint density at radius 2 is 1.94 bits per heavy atom. The van der Waals surface area contributed by atoms with E-state index in [1.165, 1.54) is 51.6 Å². The molecule has 0 radical (unpaired) electrons. The third kappa shape index (κ3) is 2.96. The molecule has 0 amide bonds. The summed E-state index contributed by atoms with van der Waals surface area (Å²) in [6.07, 6.45) is 8.55. The van der Waals surface area contributed by atoms with Crippen LogP contribution < -0.4 is 0 Å². The van der Waals surface area contributed by atoms with Gasteiger partial charge < -0.3 is 4.43 Å². The van der Waals surface area contributed by atoms with Crippen molar-refractivity contribution in [1.82, 2.24) is 4.57 Å². The van der Waals surface area contributed by atoms with E-state index in [0.29, 0.717) is 0 Å². The van der Waals surface area contributed by atoms with Crippen molar-refractivity contribution in [1.29, 1.82) is 0 Å². The fourth-order valence-electron chi connectivity index (χ4n) is 3.77.